The summed E-state index contributed by atoms with van der Waals surface area (Å²) in [5.41, 5.74) is 3.32. The first kappa shape index (κ1) is 18.7. The Balaban J connectivity index is 1.97. The van der Waals surface area contributed by atoms with Gasteiger partial charge in [0.25, 0.3) is 5.56 Å². The molecular formula is C20H21N3OS2. The summed E-state index contributed by atoms with van der Waals surface area (Å²) >= 11 is 2.93. The Kier molecular flexibility index (Phi) is 5.49. The number of nitrogens with zero attached hydrogens (tertiary/aromatic N) is 3. The lowest BCUT2D eigenvalue weighted by Crippen LogP contribution is -2.23. The number of thioether (sulfide) groups is 1. The van der Waals surface area contributed by atoms with Gasteiger partial charge in [-0.1, -0.05) is 41.6 Å². The van der Waals surface area contributed by atoms with E-state index in [1.54, 1.807) is 15.9 Å². The Morgan fingerprint density at radius 2 is 1.96 bits per heavy atom. The molecule has 6 heteroatoms. The quantitative estimate of drug-likeness (QED) is 0.476. The zero-order valence-corrected chi connectivity index (χ0v) is 17.0. The molecule has 1 aromatic carbocycles. The van der Waals surface area contributed by atoms with Crippen molar-refractivity contribution < 1.29 is 0 Å². The van der Waals surface area contributed by atoms with Gasteiger partial charge in [-0.2, -0.15) is 5.26 Å². The van der Waals surface area contributed by atoms with Crippen LogP contribution >= 0.6 is 23.1 Å². The third-order valence-electron chi connectivity index (χ3n) is 4.50. The van der Waals surface area contributed by atoms with Gasteiger partial charge in [-0.3, -0.25) is 9.36 Å². The van der Waals surface area contributed by atoms with Crippen LogP contribution in [0.3, 0.4) is 0 Å². The van der Waals surface area contributed by atoms with E-state index >= 15 is 0 Å². The maximum absolute atomic E-state index is 12.9. The number of thiophene rings is 1. The first-order valence-corrected chi connectivity index (χ1v) is 10.3. The van der Waals surface area contributed by atoms with E-state index in [4.69, 9.17) is 4.98 Å². The molecule has 0 aliphatic rings. The summed E-state index contributed by atoms with van der Waals surface area (Å²) in [4.78, 5) is 19.5. The lowest BCUT2D eigenvalue weighted by molar-refractivity contribution is 0.634. The van der Waals surface area contributed by atoms with E-state index in [0.717, 1.165) is 20.8 Å². The summed E-state index contributed by atoms with van der Waals surface area (Å²) < 4.78 is 1.69. The fraction of sp³-hybridized carbons (Fsp3) is 0.350. The van der Waals surface area contributed by atoms with Crippen molar-refractivity contribution in [2.24, 2.45) is 0 Å². The molecule has 0 amide bonds. The summed E-state index contributed by atoms with van der Waals surface area (Å²) in [7, 11) is 0. The van der Waals surface area contributed by atoms with Crippen molar-refractivity contribution in [2.75, 3.05) is 0 Å². The van der Waals surface area contributed by atoms with Crippen molar-refractivity contribution in [1.82, 2.24) is 9.55 Å². The summed E-state index contributed by atoms with van der Waals surface area (Å²) in [6.07, 6.45) is 0.627. The molecule has 0 aliphatic heterocycles. The van der Waals surface area contributed by atoms with Gasteiger partial charge in [0.05, 0.1) is 11.5 Å². The maximum atomic E-state index is 12.9. The highest BCUT2D eigenvalue weighted by atomic mass is 32.2. The third-order valence-corrected chi connectivity index (χ3v) is 6.68. The lowest BCUT2D eigenvalue weighted by atomic mass is 10.1. The van der Waals surface area contributed by atoms with Crippen molar-refractivity contribution in [3.63, 3.8) is 0 Å². The fourth-order valence-corrected chi connectivity index (χ4v) is 5.00. The van der Waals surface area contributed by atoms with Crippen LogP contribution in [0.15, 0.2) is 34.2 Å². The highest BCUT2D eigenvalue weighted by molar-refractivity contribution is 8.00. The van der Waals surface area contributed by atoms with Crippen molar-refractivity contribution in [3.8, 4) is 6.07 Å². The molecule has 0 N–H and O–H groups in total. The molecule has 0 saturated carbocycles. The van der Waals surface area contributed by atoms with Gasteiger partial charge < -0.3 is 0 Å². The Labute approximate surface area is 161 Å². The van der Waals surface area contributed by atoms with Gasteiger partial charge in [0, 0.05) is 11.4 Å². The smallest absolute Gasteiger partial charge is 0.263 e. The van der Waals surface area contributed by atoms with Gasteiger partial charge in [-0.05, 0) is 45.2 Å². The highest BCUT2D eigenvalue weighted by Gasteiger charge is 2.19. The van der Waals surface area contributed by atoms with Crippen LogP contribution in [0.5, 0.6) is 0 Å². The van der Waals surface area contributed by atoms with Crippen LogP contribution in [0, 0.1) is 32.1 Å². The highest BCUT2D eigenvalue weighted by Crippen LogP contribution is 2.30. The molecule has 0 saturated heterocycles. The van der Waals surface area contributed by atoms with E-state index < -0.39 is 0 Å². The minimum Gasteiger partial charge on any atom is -0.287 e. The van der Waals surface area contributed by atoms with Gasteiger partial charge in [0.1, 0.15) is 10.1 Å². The summed E-state index contributed by atoms with van der Waals surface area (Å²) in [6.45, 7) is 8.51. The third kappa shape index (κ3) is 3.55. The second kappa shape index (κ2) is 7.65. The monoisotopic (exact) mass is 383 g/mol. The van der Waals surface area contributed by atoms with Crippen LogP contribution in [0.25, 0.3) is 10.2 Å². The number of aromatic nitrogens is 2. The molecular weight excluding hydrogens is 362 g/mol. The minimum absolute atomic E-state index is 0.00567. The SMILES string of the molecule is CCn1c(SC(C#N)Cc2ccc(C)cc2)nc2sc(C)c(C)c2c1=O. The molecule has 0 fully saturated rings. The predicted octanol–water partition coefficient (Wildman–Crippen LogP) is 4.63. The standard InChI is InChI=1S/C20H21N3OS2/c1-5-23-19(24)17-13(3)14(4)25-18(17)22-20(23)26-16(11-21)10-15-8-6-12(2)7-9-15/h6-9,16H,5,10H2,1-4H3. The van der Waals surface area contributed by atoms with Crippen LogP contribution in [0.2, 0.25) is 0 Å². The molecule has 4 nitrogen and oxygen atoms in total. The van der Waals surface area contributed by atoms with E-state index in [-0.39, 0.29) is 10.8 Å². The summed E-state index contributed by atoms with van der Waals surface area (Å²) in [6, 6.07) is 10.6. The second-order valence-corrected chi connectivity index (χ2v) is 8.71. The van der Waals surface area contributed by atoms with Gasteiger partial charge >= 0.3 is 0 Å². The molecule has 0 aliphatic carbocycles. The van der Waals surface area contributed by atoms with Crippen molar-refractivity contribution in [3.05, 3.63) is 56.2 Å². The van der Waals surface area contributed by atoms with Crippen LogP contribution in [0.1, 0.15) is 28.5 Å². The van der Waals surface area contributed by atoms with Crippen molar-refractivity contribution in [1.29, 1.82) is 5.26 Å². The molecule has 2 heterocycles. The molecule has 0 bridgehead atoms. The Hall–Kier alpha value is -2.10. The van der Waals surface area contributed by atoms with E-state index in [9.17, 15) is 10.1 Å². The number of hydrogen-bond donors (Lipinski definition) is 0. The van der Waals surface area contributed by atoms with E-state index in [0.29, 0.717) is 23.5 Å². The molecule has 2 aromatic heterocycles. The van der Waals surface area contributed by atoms with E-state index in [1.165, 1.54) is 17.3 Å². The molecule has 0 spiro atoms. The zero-order chi connectivity index (χ0) is 18.8. The Bertz CT molecular complexity index is 1040. The van der Waals surface area contributed by atoms with Gasteiger partial charge in [-0.15, -0.1) is 11.3 Å². The van der Waals surface area contributed by atoms with Crippen LogP contribution in [-0.2, 0) is 13.0 Å². The van der Waals surface area contributed by atoms with Crippen LogP contribution in [-0.4, -0.2) is 14.8 Å². The van der Waals surface area contributed by atoms with Crippen LogP contribution in [0.4, 0.5) is 0 Å². The zero-order valence-electron chi connectivity index (χ0n) is 15.4. The average molecular weight is 384 g/mol. The molecule has 3 aromatic rings. The number of nitriles is 1. The summed E-state index contributed by atoms with van der Waals surface area (Å²) in [5.74, 6) is 0. The number of hydrogen-bond acceptors (Lipinski definition) is 5. The van der Waals surface area contributed by atoms with Crippen LogP contribution < -0.4 is 5.56 Å². The second-order valence-electron chi connectivity index (χ2n) is 6.33. The Morgan fingerprint density at radius 3 is 2.58 bits per heavy atom. The van der Waals surface area contributed by atoms with Crippen molar-refractivity contribution in [2.45, 2.75) is 51.1 Å². The normalized spacial score (nSPS) is 12.3. The maximum Gasteiger partial charge on any atom is 0.263 e. The first-order chi connectivity index (χ1) is 12.4. The topological polar surface area (TPSA) is 58.7 Å². The molecule has 3 rings (SSSR count). The minimum atomic E-state index is -0.290. The van der Waals surface area contributed by atoms with Gasteiger partial charge in [-0.25, -0.2) is 4.98 Å². The average Bonchev–Trinajstić information content (AvgIpc) is 2.90. The van der Waals surface area contributed by atoms with E-state index in [2.05, 4.69) is 30.3 Å². The predicted molar refractivity (Wildman–Crippen MR) is 109 cm³/mol. The molecule has 1 unspecified atom stereocenters. The molecule has 134 valence electrons. The molecule has 26 heavy (non-hydrogen) atoms. The number of rotatable bonds is 5. The van der Waals surface area contributed by atoms with Gasteiger partial charge in [0.15, 0.2) is 5.16 Å². The largest absolute Gasteiger partial charge is 0.287 e. The Morgan fingerprint density at radius 1 is 1.27 bits per heavy atom. The lowest BCUT2D eigenvalue weighted by Gasteiger charge is -2.13. The van der Waals surface area contributed by atoms with E-state index in [1.807, 2.05) is 27.7 Å². The number of benzene rings is 1. The van der Waals surface area contributed by atoms with Crippen molar-refractivity contribution >= 4 is 33.3 Å². The van der Waals surface area contributed by atoms with Gasteiger partial charge in [0.2, 0.25) is 0 Å². The molecule has 1 atom stereocenters. The number of aryl methyl sites for hydroxylation is 3. The summed E-state index contributed by atoms with van der Waals surface area (Å²) in [5, 5.41) is 10.7. The first-order valence-electron chi connectivity index (χ1n) is 8.57. The number of fused-ring (bicyclic) bond motifs is 1. The molecule has 0 radical (unpaired) electrons. The fourth-order valence-electron chi connectivity index (χ4n) is 2.86.